The average Bonchev–Trinajstić information content (AvgIpc) is 3.61. The van der Waals surface area contributed by atoms with Crippen LogP contribution in [0.2, 0.25) is 5.02 Å². The second kappa shape index (κ2) is 8.62. The molecule has 35 heavy (non-hydrogen) atoms. The molecular weight excluding hydrogens is 500 g/mol. The summed E-state index contributed by atoms with van der Waals surface area (Å²) in [6.45, 7) is -0.307. The minimum atomic E-state index is -3.95. The number of nitrogens with one attached hydrogen (secondary N) is 2. The Morgan fingerprint density at radius 3 is 2.63 bits per heavy atom. The van der Waals surface area contributed by atoms with Gasteiger partial charge in [0, 0.05) is 38.8 Å². The molecule has 5 rings (SSSR count). The molecule has 4 aromatic rings. The SMILES string of the molecule is O=C(NS(=O)(=O)C1CC1)c1c(-c2ccc[nH]c2=O)c2cc(Cl)ccc2n1Cc1cc(F)ccc1F. The van der Waals surface area contributed by atoms with E-state index in [0.29, 0.717) is 28.8 Å². The summed E-state index contributed by atoms with van der Waals surface area (Å²) >= 11 is 6.22. The van der Waals surface area contributed by atoms with Gasteiger partial charge in [0.25, 0.3) is 11.5 Å². The number of nitrogens with zero attached hydrogens (tertiary/aromatic N) is 1. The summed E-state index contributed by atoms with van der Waals surface area (Å²) in [4.78, 5) is 28.8. The number of H-pyrrole nitrogens is 1. The van der Waals surface area contributed by atoms with Crippen LogP contribution >= 0.6 is 11.6 Å². The van der Waals surface area contributed by atoms with Crippen LogP contribution in [0.4, 0.5) is 8.78 Å². The molecule has 1 saturated carbocycles. The molecule has 1 aliphatic rings. The highest BCUT2D eigenvalue weighted by Gasteiger charge is 2.38. The van der Waals surface area contributed by atoms with Gasteiger partial charge in [0.2, 0.25) is 10.0 Å². The highest BCUT2D eigenvalue weighted by Crippen LogP contribution is 2.36. The molecule has 180 valence electrons. The van der Waals surface area contributed by atoms with Gasteiger partial charge < -0.3 is 9.55 Å². The number of fused-ring (bicyclic) bond motifs is 1. The minimum Gasteiger partial charge on any atom is -0.331 e. The van der Waals surface area contributed by atoms with E-state index in [2.05, 4.69) is 9.71 Å². The lowest BCUT2D eigenvalue weighted by atomic mass is 10.0. The van der Waals surface area contributed by atoms with Gasteiger partial charge in [-0.05, 0) is 61.4 Å². The highest BCUT2D eigenvalue weighted by atomic mass is 35.5. The topological polar surface area (TPSA) is 101 Å². The van der Waals surface area contributed by atoms with Crippen molar-refractivity contribution in [2.45, 2.75) is 24.6 Å². The Balaban J connectivity index is 1.81. The van der Waals surface area contributed by atoms with Crippen molar-refractivity contribution in [2.75, 3.05) is 0 Å². The zero-order valence-electron chi connectivity index (χ0n) is 18.0. The van der Waals surface area contributed by atoms with Gasteiger partial charge in [-0.15, -0.1) is 0 Å². The monoisotopic (exact) mass is 517 g/mol. The second-order valence-electron chi connectivity index (χ2n) is 8.30. The van der Waals surface area contributed by atoms with E-state index in [1.807, 2.05) is 0 Å². The van der Waals surface area contributed by atoms with Gasteiger partial charge in [-0.3, -0.25) is 9.59 Å². The maximum atomic E-state index is 14.6. The first-order chi connectivity index (χ1) is 16.7. The number of aromatic amines is 1. The zero-order chi connectivity index (χ0) is 24.9. The summed E-state index contributed by atoms with van der Waals surface area (Å²) in [6, 6.07) is 10.6. The fourth-order valence-corrected chi connectivity index (χ4v) is 5.54. The predicted octanol–water partition coefficient (Wildman–Crippen LogP) is 4.20. The van der Waals surface area contributed by atoms with Crippen LogP contribution in [0.1, 0.15) is 28.9 Å². The van der Waals surface area contributed by atoms with E-state index in [-0.39, 0.29) is 28.9 Å². The second-order valence-corrected chi connectivity index (χ2v) is 10.7. The largest absolute Gasteiger partial charge is 0.331 e. The van der Waals surface area contributed by atoms with Crippen LogP contribution in [0.25, 0.3) is 22.0 Å². The number of amides is 1. The summed E-state index contributed by atoms with van der Waals surface area (Å²) in [7, 11) is -3.95. The third kappa shape index (κ3) is 4.35. The van der Waals surface area contributed by atoms with Crippen LogP contribution in [-0.4, -0.2) is 29.1 Å². The number of carbonyl (C=O) groups excluding carboxylic acids is 1. The molecule has 11 heteroatoms. The Kier molecular flexibility index (Phi) is 5.72. The minimum absolute atomic E-state index is 0.0653. The molecule has 2 N–H and O–H groups in total. The van der Waals surface area contributed by atoms with Crippen molar-refractivity contribution in [1.29, 1.82) is 0 Å². The number of hydrogen-bond acceptors (Lipinski definition) is 4. The molecule has 0 bridgehead atoms. The van der Waals surface area contributed by atoms with Gasteiger partial charge in [-0.2, -0.15) is 0 Å². The molecule has 2 aromatic carbocycles. The molecule has 0 atom stereocenters. The number of sulfonamides is 1. The number of aromatic nitrogens is 2. The normalized spacial score (nSPS) is 13.8. The molecule has 1 amide bonds. The first kappa shape index (κ1) is 23.3. The van der Waals surface area contributed by atoms with Crippen LogP contribution < -0.4 is 10.3 Å². The van der Waals surface area contributed by atoms with Gasteiger partial charge >= 0.3 is 0 Å². The smallest absolute Gasteiger partial charge is 0.282 e. The molecule has 1 aliphatic carbocycles. The Morgan fingerprint density at radius 2 is 1.91 bits per heavy atom. The Bertz CT molecular complexity index is 1660. The molecule has 0 radical (unpaired) electrons. The predicted molar refractivity (Wildman–Crippen MR) is 128 cm³/mol. The fourth-order valence-electron chi connectivity index (χ4n) is 4.09. The number of carbonyl (C=O) groups is 1. The lowest BCUT2D eigenvalue weighted by Crippen LogP contribution is -2.35. The Hall–Kier alpha value is -3.50. The molecule has 0 spiro atoms. The van der Waals surface area contributed by atoms with Gasteiger partial charge in [-0.1, -0.05) is 11.6 Å². The molecule has 0 saturated heterocycles. The van der Waals surface area contributed by atoms with Crippen molar-refractivity contribution in [3.63, 3.8) is 0 Å². The number of pyridine rings is 1. The molecule has 7 nitrogen and oxygen atoms in total. The molecule has 2 heterocycles. The first-order valence-corrected chi connectivity index (χ1v) is 12.6. The van der Waals surface area contributed by atoms with Crippen molar-refractivity contribution in [3.8, 4) is 11.1 Å². The maximum absolute atomic E-state index is 14.6. The van der Waals surface area contributed by atoms with Crippen LogP contribution in [-0.2, 0) is 16.6 Å². The van der Waals surface area contributed by atoms with Crippen molar-refractivity contribution in [1.82, 2.24) is 14.3 Å². The zero-order valence-corrected chi connectivity index (χ0v) is 19.6. The summed E-state index contributed by atoms with van der Waals surface area (Å²) in [5, 5.41) is 0.000650. The Morgan fingerprint density at radius 1 is 1.14 bits per heavy atom. The quantitative estimate of drug-likeness (QED) is 0.400. The van der Waals surface area contributed by atoms with Gasteiger partial charge in [0.1, 0.15) is 17.3 Å². The van der Waals surface area contributed by atoms with E-state index < -0.39 is 38.4 Å². The van der Waals surface area contributed by atoms with Crippen molar-refractivity contribution >= 4 is 38.4 Å². The fraction of sp³-hybridized carbons (Fsp3) is 0.167. The number of rotatable bonds is 6. The molecule has 0 aliphatic heterocycles. The van der Waals surface area contributed by atoms with E-state index in [0.717, 1.165) is 18.2 Å². The summed E-state index contributed by atoms with van der Waals surface area (Å²) < 4.78 is 57.1. The van der Waals surface area contributed by atoms with Gasteiger partial charge in [0.15, 0.2) is 0 Å². The van der Waals surface area contributed by atoms with E-state index in [4.69, 9.17) is 11.6 Å². The summed E-state index contributed by atoms with van der Waals surface area (Å²) in [5.41, 5.74) is -0.180. The maximum Gasteiger partial charge on any atom is 0.282 e. The van der Waals surface area contributed by atoms with Gasteiger partial charge in [-0.25, -0.2) is 21.9 Å². The highest BCUT2D eigenvalue weighted by molar-refractivity contribution is 7.91. The Labute approximate surface area is 203 Å². The molecule has 0 unspecified atom stereocenters. The van der Waals surface area contributed by atoms with Crippen molar-refractivity contribution in [2.24, 2.45) is 0 Å². The molecule has 2 aromatic heterocycles. The summed E-state index contributed by atoms with van der Waals surface area (Å²) in [6.07, 6.45) is 2.28. The van der Waals surface area contributed by atoms with Crippen LogP contribution in [0, 0.1) is 11.6 Å². The summed E-state index contributed by atoms with van der Waals surface area (Å²) in [5.74, 6) is -2.37. The number of halogens is 3. The lowest BCUT2D eigenvalue weighted by Gasteiger charge is -2.14. The van der Waals surface area contributed by atoms with E-state index in [1.165, 1.54) is 22.9 Å². The number of hydrogen-bond donors (Lipinski definition) is 2. The van der Waals surface area contributed by atoms with Crippen molar-refractivity contribution < 1.29 is 22.0 Å². The number of benzene rings is 2. The van der Waals surface area contributed by atoms with Gasteiger partial charge in [0.05, 0.1) is 11.8 Å². The van der Waals surface area contributed by atoms with Crippen LogP contribution in [0.15, 0.2) is 59.5 Å². The molecule has 1 fully saturated rings. The average molecular weight is 518 g/mol. The van der Waals surface area contributed by atoms with Crippen molar-refractivity contribution in [3.05, 3.63) is 93.0 Å². The van der Waals surface area contributed by atoms with E-state index >= 15 is 0 Å². The van der Waals surface area contributed by atoms with Crippen LogP contribution in [0.5, 0.6) is 0 Å². The standard InChI is InChI=1S/C24H18ClF2N3O4S/c25-14-3-8-20-18(11-14)21(17-2-1-9-28-23(17)31)22(24(32)29-35(33,34)16-5-6-16)30(20)12-13-10-15(26)4-7-19(13)27/h1-4,7-11,16H,5-6,12H2,(H,28,31)(H,29,32). The van der Waals surface area contributed by atoms with E-state index in [1.54, 1.807) is 18.2 Å². The van der Waals surface area contributed by atoms with Crippen LogP contribution in [0.3, 0.4) is 0 Å². The third-order valence-electron chi connectivity index (χ3n) is 5.86. The third-order valence-corrected chi connectivity index (χ3v) is 7.92. The van der Waals surface area contributed by atoms with E-state index in [9.17, 15) is 26.8 Å². The molecular formula is C24H18ClF2N3O4S. The lowest BCUT2D eigenvalue weighted by molar-refractivity contribution is 0.0974. The first-order valence-electron chi connectivity index (χ1n) is 10.7.